The van der Waals surface area contributed by atoms with Gasteiger partial charge in [-0.25, -0.2) is 0 Å². The fraction of sp³-hybridized carbons (Fsp3) is 0.261. The van der Waals surface area contributed by atoms with E-state index in [0.29, 0.717) is 13.1 Å². The molecule has 5 heteroatoms. The van der Waals surface area contributed by atoms with Crippen molar-refractivity contribution in [2.75, 3.05) is 31.1 Å². The van der Waals surface area contributed by atoms with E-state index in [2.05, 4.69) is 34.2 Å². The molecule has 5 nitrogen and oxygen atoms in total. The number of rotatable bonds is 3. The SMILES string of the molecule is Cc1ccc(C(=O)N2CCN(c3ccc(-c4ccccc4C)nn3)CC2)cc1. The molecule has 4 rings (SSSR count). The molecule has 3 aromatic rings. The van der Waals surface area contributed by atoms with Crippen LogP contribution in [0.3, 0.4) is 0 Å². The lowest BCUT2D eigenvalue weighted by molar-refractivity contribution is 0.0746. The van der Waals surface area contributed by atoms with Crippen LogP contribution in [0.1, 0.15) is 21.5 Å². The van der Waals surface area contributed by atoms with Crippen molar-refractivity contribution in [2.45, 2.75) is 13.8 Å². The maximum Gasteiger partial charge on any atom is 0.253 e. The lowest BCUT2D eigenvalue weighted by Crippen LogP contribution is -2.49. The summed E-state index contributed by atoms with van der Waals surface area (Å²) in [4.78, 5) is 16.8. The first-order valence-electron chi connectivity index (χ1n) is 9.62. The zero-order chi connectivity index (χ0) is 19.5. The second kappa shape index (κ2) is 7.80. The first kappa shape index (κ1) is 18.2. The Hall–Kier alpha value is -3.21. The van der Waals surface area contributed by atoms with Crippen molar-refractivity contribution >= 4 is 11.7 Å². The number of aromatic nitrogens is 2. The van der Waals surface area contributed by atoms with Crippen molar-refractivity contribution < 1.29 is 4.79 Å². The van der Waals surface area contributed by atoms with E-state index < -0.39 is 0 Å². The zero-order valence-electron chi connectivity index (χ0n) is 16.3. The van der Waals surface area contributed by atoms with E-state index in [1.165, 1.54) is 5.56 Å². The number of anilines is 1. The Morgan fingerprint density at radius 3 is 2.18 bits per heavy atom. The summed E-state index contributed by atoms with van der Waals surface area (Å²) in [5.41, 5.74) is 5.09. The van der Waals surface area contributed by atoms with Crippen molar-refractivity contribution in [2.24, 2.45) is 0 Å². The first-order chi connectivity index (χ1) is 13.6. The highest BCUT2D eigenvalue weighted by molar-refractivity contribution is 5.94. The average molecular weight is 372 g/mol. The van der Waals surface area contributed by atoms with Crippen LogP contribution >= 0.6 is 0 Å². The third kappa shape index (κ3) is 3.74. The van der Waals surface area contributed by atoms with E-state index in [1.54, 1.807) is 0 Å². The number of carbonyl (C=O) groups excluding carboxylic acids is 1. The van der Waals surface area contributed by atoms with Gasteiger partial charge in [-0.15, -0.1) is 10.2 Å². The number of amides is 1. The van der Waals surface area contributed by atoms with E-state index in [0.717, 1.165) is 41.3 Å². The fourth-order valence-electron chi connectivity index (χ4n) is 3.52. The molecule has 1 saturated heterocycles. The van der Waals surface area contributed by atoms with Crippen molar-refractivity contribution in [3.05, 3.63) is 77.4 Å². The summed E-state index contributed by atoms with van der Waals surface area (Å²) in [6, 6.07) is 20.0. The smallest absolute Gasteiger partial charge is 0.253 e. The maximum absolute atomic E-state index is 12.7. The summed E-state index contributed by atoms with van der Waals surface area (Å²) < 4.78 is 0. The monoisotopic (exact) mass is 372 g/mol. The topological polar surface area (TPSA) is 49.3 Å². The van der Waals surface area contributed by atoms with Crippen LogP contribution in [-0.2, 0) is 0 Å². The van der Waals surface area contributed by atoms with Crippen LogP contribution in [0.15, 0.2) is 60.7 Å². The van der Waals surface area contributed by atoms with Crippen LogP contribution in [0, 0.1) is 13.8 Å². The van der Waals surface area contributed by atoms with E-state index in [-0.39, 0.29) is 5.91 Å². The van der Waals surface area contributed by atoms with Crippen LogP contribution in [0.5, 0.6) is 0 Å². The second-order valence-electron chi connectivity index (χ2n) is 7.24. The van der Waals surface area contributed by atoms with Crippen LogP contribution in [0.25, 0.3) is 11.3 Å². The molecule has 1 aromatic heterocycles. The van der Waals surface area contributed by atoms with Gasteiger partial charge in [0.1, 0.15) is 0 Å². The van der Waals surface area contributed by atoms with Crippen LogP contribution < -0.4 is 4.90 Å². The van der Waals surface area contributed by atoms with E-state index in [9.17, 15) is 4.79 Å². The molecule has 0 N–H and O–H groups in total. The molecule has 1 aliphatic heterocycles. The Kier molecular flexibility index (Phi) is 5.06. The van der Waals surface area contributed by atoms with Gasteiger partial charge in [-0.05, 0) is 43.7 Å². The predicted octanol–water partition coefficient (Wildman–Crippen LogP) is 3.72. The lowest BCUT2D eigenvalue weighted by Gasteiger charge is -2.35. The van der Waals surface area contributed by atoms with E-state index >= 15 is 0 Å². The number of carbonyl (C=O) groups is 1. The lowest BCUT2D eigenvalue weighted by atomic mass is 10.1. The highest BCUT2D eigenvalue weighted by Crippen LogP contribution is 2.22. The number of hydrogen-bond donors (Lipinski definition) is 0. The number of hydrogen-bond acceptors (Lipinski definition) is 4. The van der Waals surface area contributed by atoms with Crippen molar-refractivity contribution in [3.8, 4) is 11.3 Å². The Balaban J connectivity index is 1.40. The molecule has 142 valence electrons. The minimum absolute atomic E-state index is 0.0978. The molecule has 0 spiro atoms. The summed E-state index contributed by atoms with van der Waals surface area (Å²) in [7, 11) is 0. The molecule has 0 aliphatic carbocycles. The molecule has 0 radical (unpaired) electrons. The molecule has 1 fully saturated rings. The zero-order valence-corrected chi connectivity index (χ0v) is 16.3. The Bertz CT molecular complexity index is 959. The summed E-state index contributed by atoms with van der Waals surface area (Å²) in [5, 5.41) is 8.85. The van der Waals surface area contributed by atoms with Crippen LogP contribution in [0.4, 0.5) is 5.82 Å². The standard InChI is InChI=1S/C23H24N4O/c1-17-7-9-19(10-8-17)23(28)27-15-13-26(14-16-27)22-12-11-21(24-25-22)20-6-4-3-5-18(20)2/h3-12H,13-16H2,1-2H3. The first-order valence-corrected chi connectivity index (χ1v) is 9.62. The molecular formula is C23H24N4O. The van der Waals surface area contributed by atoms with Gasteiger partial charge in [0.05, 0.1) is 5.69 Å². The minimum Gasteiger partial charge on any atom is -0.352 e. The minimum atomic E-state index is 0.0978. The summed E-state index contributed by atoms with van der Waals surface area (Å²) in [5.74, 6) is 0.959. The molecule has 28 heavy (non-hydrogen) atoms. The van der Waals surface area contributed by atoms with Gasteiger partial charge in [-0.3, -0.25) is 4.79 Å². The largest absolute Gasteiger partial charge is 0.352 e. The highest BCUT2D eigenvalue weighted by atomic mass is 16.2. The van der Waals surface area contributed by atoms with Gasteiger partial charge in [0.25, 0.3) is 5.91 Å². The molecular weight excluding hydrogens is 348 g/mol. The number of piperazine rings is 1. The Morgan fingerprint density at radius 1 is 0.821 bits per heavy atom. The molecule has 1 aliphatic rings. The third-order valence-electron chi connectivity index (χ3n) is 5.26. The van der Waals surface area contributed by atoms with Crippen molar-refractivity contribution in [3.63, 3.8) is 0 Å². The van der Waals surface area contributed by atoms with Gasteiger partial charge in [0.15, 0.2) is 5.82 Å². The van der Waals surface area contributed by atoms with E-state index in [4.69, 9.17) is 0 Å². The normalized spacial score (nSPS) is 14.2. The maximum atomic E-state index is 12.7. The van der Waals surface area contributed by atoms with Crippen molar-refractivity contribution in [1.82, 2.24) is 15.1 Å². The average Bonchev–Trinajstić information content (AvgIpc) is 2.74. The number of nitrogens with zero attached hydrogens (tertiary/aromatic N) is 4. The summed E-state index contributed by atoms with van der Waals surface area (Å²) in [6.45, 7) is 7.00. The number of benzene rings is 2. The van der Waals surface area contributed by atoms with Crippen LogP contribution in [-0.4, -0.2) is 47.2 Å². The highest BCUT2D eigenvalue weighted by Gasteiger charge is 2.23. The van der Waals surface area contributed by atoms with Gasteiger partial charge < -0.3 is 9.80 Å². The fourth-order valence-corrected chi connectivity index (χ4v) is 3.52. The molecule has 2 heterocycles. The summed E-state index contributed by atoms with van der Waals surface area (Å²) >= 11 is 0. The molecule has 2 aromatic carbocycles. The van der Waals surface area contributed by atoms with Crippen LogP contribution in [0.2, 0.25) is 0 Å². The second-order valence-corrected chi connectivity index (χ2v) is 7.24. The van der Waals surface area contributed by atoms with Gasteiger partial charge in [-0.1, -0.05) is 42.0 Å². The quantitative estimate of drug-likeness (QED) is 0.703. The van der Waals surface area contributed by atoms with Gasteiger partial charge >= 0.3 is 0 Å². The molecule has 0 saturated carbocycles. The van der Waals surface area contributed by atoms with Gasteiger partial charge in [0, 0.05) is 37.3 Å². The van der Waals surface area contributed by atoms with Gasteiger partial charge in [0.2, 0.25) is 0 Å². The van der Waals surface area contributed by atoms with Gasteiger partial charge in [-0.2, -0.15) is 0 Å². The Labute approximate surface area is 165 Å². The van der Waals surface area contributed by atoms with Crippen molar-refractivity contribution in [1.29, 1.82) is 0 Å². The molecule has 0 unspecified atom stereocenters. The summed E-state index contributed by atoms with van der Waals surface area (Å²) in [6.07, 6.45) is 0. The van der Waals surface area contributed by atoms with E-state index in [1.807, 2.05) is 60.4 Å². The molecule has 0 bridgehead atoms. The molecule has 1 amide bonds. The number of aryl methyl sites for hydroxylation is 2. The molecule has 0 atom stereocenters. The predicted molar refractivity (Wildman–Crippen MR) is 112 cm³/mol. The Morgan fingerprint density at radius 2 is 1.54 bits per heavy atom. The third-order valence-corrected chi connectivity index (χ3v) is 5.26.